The molecule has 0 bridgehead atoms. The molecule has 6 rings (SSSR count). The molecule has 0 spiro atoms. The number of carbonyl (C=O) groups excluding carboxylic acids is 3. The molecule has 3 amide bonds. The van der Waals surface area contributed by atoms with Crippen LogP contribution in [0.1, 0.15) is 35.6 Å². The molecule has 2 aromatic heterocycles. The maximum Gasteiger partial charge on any atom is 0.308 e. The zero-order valence-electron chi connectivity index (χ0n) is 19.7. The van der Waals surface area contributed by atoms with Crippen LogP contribution in [0, 0.1) is 11.7 Å². The van der Waals surface area contributed by atoms with E-state index in [-0.39, 0.29) is 17.3 Å². The lowest BCUT2D eigenvalue weighted by molar-refractivity contribution is -0.133. The molecule has 3 unspecified atom stereocenters. The normalized spacial score (nSPS) is 23.2. The first-order valence-corrected chi connectivity index (χ1v) is 13.8. The largest absolute Gasteiger partial charge is 0.341 e. The molecular formula is C26H23FN4O4S2. The third kappa shape index (κ3) is 4.10. The standard InChI is InChI=1S/C26H23FN4O4S2/c27-16-6-8-17(9-7-16)31-23(33)20-19(15-5-4-10-28-13-15)22-25(36-21(20)24(31)34)30(26(35)37-22)14-18(32)29-11-2-1-3-12-29/h4-10,13,19-21H,1-3,11-12,14H2. The molecule has 2 saturated heterocycles. The third-order valence-corrected chi connectivity index (χ3v) is 9.78. The molecule has 3 aliphatic rings. The predicted molar refractivity (Wildman–Crippen MR) is 137 cm³/mol. The summed E-state index contributed by atoms with van der Waals surface area (Å²) >= 11 is 2.19. The Hall–Kier alpha value is -3.31. The number of halogens is 1. The molecule has 3 atom stereocenters. The van der Waals surface area contributed by atoms with Crippen molar-refractivity contribution in [3.8, 4) is 0 Å². The van der Waals surface area contributed by atoms with Gasteiger partial charge in [-0.05, 0) is 55.2 Å². The third-order valence-electron chi connectivity index (χ3n) is 7.18. The van der Waals surface area contributed by atoms with Gasteiger partial charge in [-0.1, -0.05) is 29.2 Å². The van der Waals surface area contributed by atoms with Crippen LogP contribution >= 0.6 is 23.1 Å². The number of pyridine rings is 1. The van der Waals surface area contributed by atoms with Crippen LogP contribution in [-0.2, 0) is 20.9 Å². The highest BCUT2D eigenvalue weighted by Gasteiger charge is 2.56. The van der Waals surface area contributed by atoms with E-state index in [1.165, 1.54) is 40.6 Å². The maximum absolute atomic E-state index is 13.7. The first-order chi connectivity index (χ1) is 17.9. The van der Waals surface area contributed by atoms with Crippen molar-refractivity contribution in [2.24, 2.45) is 5.92 Å². The number of fused-ring (bicyclic) bond motifs is 2. The second-order valence-electron chi connectivity index (χ2n) is 9.38. The minimum Gasteiger partial charge on any atom is -0.341 e. The number of hydrogen-bond acceptors (Lipinski definition) is 7. The number of nitrogens with zero attached hydrogens (tertiary/aromatic N) is 4. The van der Waals surface area contributed by atoms with E-state index in [0.717, 1.165) is 41.1 Å². The minimum atomic E-state index is -0.791. The molecule has 8 nitrogen and oxygen atoms in total. The molecule has 0 saturated carbocycles. The van der Waals surface area contributed by atoms with E-state index in [1.807, 2.05) is 6.07 Å². The van der Waals surface area contributed by atoms with E-state index in [0.29, 0.717) is 28.7 Å². The van der Waals surface area contributed by atoms with Gasteiger partial charge in [-0.3, -0.25) is 28.7 Å². The Kier molecular flexibility index (Phi) is 6.20. The van der Waals surface area contributed by atoms with Crippen molar-refractivity contribution < 1.29 is 18.8 Å². The molecule has 1 aromatic carbocycles. The topological polar surface area (TPSA) is 92.6 Å². The number of rotatable bonds is 4. The Morgan fingerprint density at radius 1 is 1.03 bits per heavy atom. The molecule has 5 heterocycles. The van der Waals surface area contributed by atoms with Crippen LogP contribution in [0.5, 0.6) is 0 Å². The van der Waals surface area contributed by atoms with Gasteiger partial charge in [-0.15, -0.1) is 0 Å². The van der Waals surface area contributed by atoms with Crippen LogP contribution in [0.4, 0.5) is 10.1 Å². The van der Waals surface area contributed by atoms with Gasteiger partial charge in [0.05, 0.1) is 16.6 Å². The number of hydrogen-bond donors (Lipinski definition) is 0. The van der Waals surface area contributed by atoms with Crippen molar-refractivity contribution in [1.82, 2.24) is 14.5 Å². The zero-order chi connectivity index (χ0) is 25.7. The Morgan fingerprint density at radius 2 is 1.78 bits per heavy atom. The fraction of sp³-hybridized carbons (Fsp3) is 0.346. The Labute approximate surface area is 220 Å². The molecule has 11 heteroatoms. The lowest BCUT2D eigenvalue weighted by Gasteiger charge is -2.31. The van der Waals surface area contributed by atoms with Crippen molar-refractivity contribution in [3.05, 3.63) is 74.7 Å². The highest BCUT2D eigenvalue weighted by Crippen LogP contribution is 2.53. The van der Waals surface area contributed by atoms with Gasteiger partial charge in [0.2, 0.25) is 17.7 Å². The van der Waals surface area contributed by atoms with Crippen LogP contribution in [0.15, 0.2) is 58.6 Å². The van der Waals surface area contributed by atoms with Gasteiger partial charge in [0, 0.05) is 36.3 Å². The molecule has 190 valence electrons. The van der Waals surface area contributed by atoms with Crippen LogP contribution < -0.4 is 9.77 Å². The Morgan fingerprint density at radius 3 is 2.49 bits per heavy atom. The molecule has 3 aromatic rings. The average Bonchev–Trinajstić information content (AvgIpc) is 3.36. The Bertz CT molecular complexity index is 1430. The number of carbonyl (C=O) groups is 3. The van der Waals surface area contributed by atoms with Crippen molar-refractivity contribution in [3.63, 3.8) is 0 Å². The number of amides is 3. The molecule has 3 aliphatic heterocycles. The van der Waals surface area contributed by atoms with Crippen molar-refractivity contribution in [2.75, 3.05) is 18.0 Å². The van der Waals surface area contributed by atoms with Gasteiger partial charge in [0.15, 0.2) is 0 Å². The zero-order valence-corrected chi connectivity index (χ0v) is 21.3. The summed E-state index contributed by atoms with van der Waals surface area (Å²) in [6.07, 6.45) is 6.24. The van der Waals surface area contributed by atoms with Gasteiger partial charge < -0.3 is 4.90 Å². The SMILES string of the molecule is O=C(Cn1c2c(sc1=O)C(c1cccnc1)C1C(=O)N(c3ccc(F)cc3)C(=O)C1S2)N1CCCCC1. The van der Waals surface area contributed by atoms with Gasteiger partial charge in [-0.2, -0.15) is 0 Å². The van der Waals surface area contributed by atoms with E-state index in [4.69, 9.17) is 0 Å². The number of piperidine rings is 1. The van der Waals surface area contributed by atoms with Gasteiger partial charge in [0.25, 0.3) is 0 Å². The summed E-state index contributed by atoms with van der Waals surface area (Å²) in [5, 5.41) is -0.238. The summed E-state index contributed by atoms with van der Waals surface area (Å²) in [6.45, 7) is 1.25. The van der Waals surface area contributed by atoms with Crippen LogP contribution in [-0.4, -0.2) is 50.5 Å². The van der Waals surface area contributed by atoms with Crippen LogP contribution in [0.3, 0.4) is 0 Å². The predicted octanol–water partition coefficient (Wildman–Crippen LogP) is 3.25. The summed E-state index contributed by atoms with van der Waals surface area (Å²) < 4.78 is 15.0. The fourth-order valence-corrected chi connectivity index (χ4v) is 8.17. The van der Waals surface area contributed by atoms with E-state index >= 15 is 0 Å². The van der Waals surface area contributed by atoms with Gasteiger partial charge in [0.1, 0.15) is 17.6 Å². The lowest BCUT2D eigenvalue weighted by Crippen LogP contribution is -2.39. The number of imide groups is 1. The quantitative estimate of drug-likeness (QED) is 0.474. The number of anilines is 1. The van der Waals surface area contributed by atoms with Gasteiger partial charge >= 0.3 is 4.87 Å². The smallest absolute Gasteiger partial charge is 0.308 e. The summed E-state index contributed by atoms with van der Waals surface area (Å²) in [4.78, 5) is 61.1. The Balaban J connectivity index is 1.42. The van der Waals surface area contributed by atoms with E-state index < -0.39 is 34.7 Å². The van der Waals surface area contributed by atoms with E-state index in [2.05, 4.69) is 4.98 Å². The molecule has 2 fully saturated rings. The van der Waals surface area contributed by atoms with Crippen molar-refractivity contribution >= 4 is 46.5 Å². The summed E-state index contributed by atoms with van der Waals surface area (Å²) in [6, 6.07) is 8.84. The minimum absolute atomic E-state index is 0.0986. The first-order valence-electron chi connectivity index (χ1n) is 12.2. The van der Waals surface area contributed by atoms with E-state index in [9.17, 15) is 23.6 Å². The molecular weight excluding hydrogens is 515 g/mol. The number of thiazole rings is 1. The monoisotopic (exact) mass is 538 g/mol. The highest BCUT2D eigenvalue weighted by atomic mass is 32.2. The number of aromatic nitrogens is 2. The maximum atomic E-state index is 13.7. The van der Waals surface area contributed by atoms with E-state index in [1.54, 1.807) is 23.4 Å². The van der Waals surface area contributed by atoms with Gasteiger partial charge in [-0.25, -0.2) is 9.29 Å². The fourth-order valence-electron chi connectivity index (χ4n) is 5.40. The average molecular weight is 539 g/mol. The van der Waals surface area contributed by atoms with Crippen molar-refractivity contribution in [2.45, 2.75) is 42.0 Å². The first kappa shape index (κ1) is 24.1. The summed E-state index contributed by atoms with van der Waals surface area (Å²) in [5.41, 5.74) is 1.02. The second-order valence-corrected chi connectivity index (χ2v) is 11.5. The molecule has 37 heavy (non-hydrogen) atoms. The summed E-state index contributed by atoms with van der Waals surface area (Å²) in [7, 11) is 0. The number of thioether (sulfide) groups is 1. The highest BCUT2D eigenvalue weighted by molar-refractivity contribution is 8.00. The molecule has 0 aliphatic carbocycles. The summed E-state index contributed by atoms with van der Waals surface area (Å²) in [5.74, 6) is -2.73. The van der Waals surface area contributed by atoms with Crippen LogP contribution in [0.2, 0.25) is 0 Å². The molecule has 0 radical (unpaired) electrons. The molecule has 0 N–H and O–H groups in total. The second kappa shape index (κ2) is 9.53. The van der Waals surface area contributed by atoms with Crippen molar-refractivity contribution in [1.29, 1.82) is 0 Å². The number of likely N-dealkylation sites (tertiary alicyclic amines) is 1. The number of benzene rings is 1. The van der Waals surface area contributed by atoms with Crippen LogP contribution in [0.25, 0.3) is 0 Å². The lowest BCUT2D eigenvalue weighted by atomic mass is 9.84.